The third kappa shape index (κ3) is 5.64. The van der Waals surface area contributed by atoms with Crippen LogP contribution >= 0.6 is 0 Å². The molecule has 0 bridgehead atoms. The molecule has 8 heteroatoms. The van der Waals surface area contributed by atoms with E-state index in [2.05, 4.69) is 5.10 Å². The number of ether oxygens (including phenoxy) is 2. The molecule has 2 aliphatic heterocycles. The molecule has 8 nitrogen and oxygen atoms in total. The van der Waals surface area contributed by atoms with Crippen molar-refractivity contribution < 1.29 is 19.1 Å². The second-order valence-corrected chi connectivity index (χ2v) is 8.27. The summed E-state index contributed by atoms with van der Waals surface area (Å²) in [7, 11) is 0. The van der Waals surface area contributed by atoms with Crippen molar-refractivity contribution in [1.29, 1.82) is 0 Å². The van der Waals surface area contributed by atoms with Gasteiger partial charge in [-0.3, -0.25) is 14.3 Å². The van der Waals surface area contributed by atoms with Crippen LogP contribution < -0.4 is 4.74 Å². The molecule has 1 aromatic heterocycles. The number of para-hydroxylation sites is 1. The minimum Gasteiger partial charge on any atom is -0.490 e. The van der Waals surface area contributed by atoms with Crippen LogP contribution in [-0.4, -0.2) is 76.9 Å². The predicted molar refractivity (Wildman–Crippen MR) is 115 cm³/mol. The Labute approximate surface area is 182 Å². The highest BCUT2D eigenvalue weighted by Gasteiger charge is 2.35. The van der Waals surface area contributed by atoms with Crippen LogP contribution in [0.5, 0.6) is 5.75 Å². The van der Waals surface area contributed by atoms with Gasteiger partial charge >= 0.3 is 0 Å². The first-order valence-electron chi connectivity index (χ1n) is 10.9. The number of aromatic nitrogens is 2. The van der Waals surface area contributed by atoms with Crippen molar-refractivity contribution in [3.05, 3.63) is 48.3 Å². The maximum atomic E-state index is 12.9. The first kappa shape index (κ1) is 21.4. The Balaban J connectivity index is 1.43. The van der Waals surface area contributed by atoms with E-state index >= 15 is 0 Å². The Morgan fingerprint density at radius 3 is 2.58 bits per heavy atom. The number of hydrogen-bond acceptors (Lipinski definition) is 5. The van der Waals surface area contributed by atoms with E-state index in [1.54, 1.807) is 10.9 Å². The zero-order chi connectivity index (χ0) is 21.6. The fourth-order valence-corrected chi connectivity index (χ4v) is 4.22. The zero-order valence-corrected chi connectivity index (χ0v) is 18.0. The molecule has 0 radical (unpaired) electrons. The fraction of sp³-hybridized carbons (Fsp3) is 0.522. The van der Waals surface area contributed by atoms with E-state index in [1.807, 2.05) is 53.3 Å². The number of morpholine rings is 1. The van der Waals surface area contributed by atoms with Crippen molar-refractivity contribution >= 4 is 11.8 Å². The van der Waals surface area contributed by atoms with Gasteiger partial charge in [0, 0.05) is 51.1 Å². The van der Waals surface area contributed by atoms with Gasteiger partial charge in [-0.1, -0.05) is 18.2 Å². The Morgan fingerprint density at radius 1 is 1.10 bits per heavy atom. The minimum atomic E-state index is -0.108. The van der Waals surface area contributed by atoms with Crippen molar-refractivity contribution in [2.24, 2.45) is 5.92 Å². The number of likely N-dealkylation sites (tertiary alicyclic amines) is 1. The molecule has 31 heavy (non-hydrogen) atoms. The molecular weight excluding hydrogens is 396 g/mol. The van der Waals surface area contributed by atoms with Crippen LogP contribution in [0, 0.1) is 12.8 Å². The molecule has 0 saturated carbocycles. The van der Waals surface area contributed by atoms with Crippen molar-refractivity contribution in [2.75, 3.05) is 39.4 Å². The van der Waals surface area contributed by atoms with Crippen LogP contribution in [0.25, 0.3) is 0 Å². The van der Waals surface area contributed by atoms with Gasteiger partial charge < -0.3 is 19.3 Å². The van der Waals surface area contributed by atoms with E-state index in [1.165, 1.54) is 0 Å². The van der Waals surface area contributed by atoms with E-state index < -0.39 is 0 Å². The molecule has 3 heterocycles. The van der Waals surface area contributed by atoms with Gasteiger partial charge in [0.25, 0.3) is 0 Å². The standard InChI is InChI=1S/C23H30N4O4/c1-18-14-24-27(15-18)17-23(29)26-8-7-21(31-20-5-3-2-4-6-20)19(16-26)13-22(28)25-9-11-30-12-10-25/h2-6,14-15,19,21H,7-13,16-17H2,1H3/t19-,21-/m0/s1. The number of amides is 2. The molecule has 0 unspecified atom stereocenters. The molecule has 1 aromatic carbocycles. The molecule has 0 N–H and O–H groups in total. The van der Waals surface area contributed by atoms with Crippen molar-refractivity contribution in [1.82, 2.24) is 19.6 Å². The van der Waals surface area contributed by atoms with Crippen LogP contribution in [0.2, 0.25) is 0 Å². The van der Waals surface area contributed by atoms with Crippen molar-refractivity contribution in [2.45, 2.75) is 32.4 Å². The van der Waals surface area contributed by atoms with Crippen LogP contribution in [0.4, 0.5) is 0 Å². The molecule has 2 fully saturated rings. The maximum Gasteiger partial charge on any atom is 0.244 e. The normalized spacial score (nSPS) is 21.7. The molecule has 2 amide bonds. The van der Waals surface area contributed by atoms with E-state index in [-0.39, 0.29) is 30.4 Å². The number of carbonyl (C=O) groups is 2. The molecule has 4 rings (SSSR count). The summed E-state index contributed by atoms with van der Waals surface area (Å²) in [6.07, 6.45) is 4.56. The Hall–Kier alpha value is -2.87. The van der Waals surface area contributed by atoms with Gasteiger partial charge in [0.1, 0.15) is 18.4 Å². The number of aryl methyl sites for hydroxylation is 1. The zero-order valence-electron chi connectivity index (χ0n) is 18.0. The molecule has 2 atom stereocenters. The first-order chi connectivity index (χ1) is 15.1. The second kappa shape index (κ2) is 9.96. The van der Waals surface area contributed by atoms with Crippen LogP contribution in [0.15, 0.2) is 42.7 Å². The highest BCUT2D eigenvalue weighted by molar-refractivity contribution is 5.78. The topological polar surface area (TPSA) is 76.9 Å². The molecule has 0 spiro atoms. The summed E-state index contributed by atoms with van der Waals surface area (Å²) >= 11 is 0. The predicted octanol–water partition coefficient (Wildman–Crippen LogP) is 1.74. The number of carbonyl (C=O) groups excluding carboxylic acids is 2. The molecular formula is C23H30N4O4. The molecule has 2 aromatic rings. The second-order valence-electron chi connectivity index (χ2n) is 8.27. The van der Waals surface area contributed by atoms with Crippen molar-refractivity contribution in [3.63, 3.8) is 0 Å². The molecule has 166 valence electrons. The lowest BCUT2D eigenvalue weighted by Crippen LogP contribution is -2.51. The summed E-state index contributed by atoms with van der Waals surface area (Å²) in [6.45, 7) is 5.68. The highest BCUT2D eigenvalue weighted by atomic mass is 16.5. The van der Waals surface area contributed by atoms with Crippen LogP contribution in [-0.2, 0) is 20.9 Å². The first-order valence-corrected chi connectivity index (χ1v) is 10.9. The summed E-state index contributed by atoms with van der Waals surface area (Å²) in [5.41, 5.74) is 1.02. The van der Waals surface area contributed by atoms with Crippen molar-refractivity contribution in [3.8, 4) is 5.75 Å². The average molecular weight is 427 g/mol. The fourth-order valence-electron chi connectivity index (χ4n) is 4.22. The largest absolute Gasteiger partial charge is 0.490 e. The molecule has 0 aliphatic carbocycles. The third-order valence-corrected chi connectivity index (χ3v) is 5.91. The lowest BCUT2D eigenvalue weighted by atomic mass is 9.90. The monoisotopic (exact) mass is 426 g/mol. The van der Waals surface area contributed by atoms with Gasteiger partial charge in [-0.2, -0.15) is 5.10 Å². The van der Waals surface area contributed by atoms with Gasteiger partial charge in [-0.05, 0) is 24.6 Å². The quantitative estimate of drug-likeness (QED) is 0.703. The molecule has 2 aliphatic rings. The Kier molecular flexibility index (Phi) is 6.86. The van der Waals surface area contributed by atoms with Gasteiger partial charge in [0.15, 0.2) is 0 Å². The lowest BCUT2D eigenvalue weighted by Gasteiger charge is -2.39. The van der Waals surface area contributed by atoms with Gasteiger partial charge in [0.05, 0.1) is 19.4 Å². The van der Waals surface area contributed by atoms with E-state index in [9.17, 15) is 9.59 Å². The lowest BCUT2D eigenvalue weighted by molar-refractivity contribution is -0.141. The van der Waals surface area contributed by atoms with E-state index in [4.69, 9.17) is 9.47 Å². The number of hydrogen-bond donors (Lipinski definition) is 0. The van der Waals surface area contributed by atoms with Crippen LogP contribution in [0.1, 0.15) is 18.4 Å². The Morgan fingerprint density at radius 2 is 1.87 bits per heavy atom. The summed E-state index contributed by atoms with van der Waals surface area (Å²) < 4.78 is 13.3. The number of benzene rings is 1. The average Bonchev–Trinajstić information content (AvgIpc) is 3.20. The summed E-state index contributed by atoms with van der Waals surface area (Å²) in [4.78, 5) is 29.5. The van der Waals surface area contributed by atoms with Gasteiger partial charge in [0.2, 0.25) is 11.8 Å². The minimum absolute atomic E-state index is 0.0186. The summed E-state index contributed by atoms with van der Waals surface area (Å²) in [5.74, 6) is 0.854. The highest BCUT2D eigenvalue weighted by Crippen LogP contribution is 2.26. The van der Waals surface area contributed by atoms with Gasteiger partial charge in [-0.15, -0.1) is 0 Å². The summed E-state index contributed by atoms with van der Waals surface area (Å²) in [6, 6.07) is 9.68. The Bertz CT molecular complexity index is 879. The van der Waals surface area contributed by atoms with Gasteiger partial charge in [-0.25, -0.2) is 0 Å². The van der Waals surface area contributed by atoms with E-state index in [0.717, 1.165) is 11.3 Å². The summed E-state index contributed by atoms with van der Waals surface area (Å²) in [5, 5.41) is 4.22. The molecule has 2 saturated heterocycles. The maximum absolute atomic E-state index is 12.9. The van der Waals surface area contributed by atoms with E-state index in [0.29, 0.717) is 52.2 Å². The SMILES string of the molecule is Cc1cnn(CC(=O)N2CC[C@H](Oc3ccccc3)[C@@H](CC(=O)N3CCOCC3)C2)c1. The smallest absolute Gasteiger partial charge is 0.244 e. The number of piperidine rings is 1. The third-order valence-electron chi connectivity index (χ3n) is 5.91. The van der Waals surface area contributed by atoms with Crippen LogP contribution in [0.3, 0.4) is 0 Å². The number of nitrogens with zero attached hydrogens (tertiary/aromatic N) is 4. The number of rotatable bonds is 6.